The summed E-state index contributed by atoms with van der Waals surface area (Å²) in [5, 5.41) is 0. The summed E-state index contributed by atoms with van der Waals surface area (Å²) in [4.78, 5) is 1.71. The quantitative estimate of drug-likeness (QED) is 0.275. The number of rotatable bonds is 17. The van der Waals surface area contributed by atoms with Gasteiger partial charge in [-0.05, 0) is 43.7 Å². The number of para-hydroxylation sites is 1. The highest BCUT2D eigenvalue weighted by atomic mass is 15.1. The Morgan fingerprint density at radius 1 is 0.741 bits per heavy atom. The average Bonchev–Trinajstić information content (AvgIpc) is 2.70. The lowest BCUT2D eigenvalue weighted by molar-refractivity contribution is -0.837. The number of benzene rings is 1. The summed E-state index contributed by atoms with van der Waals surface area (Å²) >= 11 is 0. The number of quaternary nitrogens is 1. The summed E-state index contributed by atoms with van der Waals surface area (Å²) in [6.45, 7) is 12.1. The van der Waals surface area contributed by atoms with Gasteiger partial charge in [0.2, 0.25) is 0 Å². The second-order valence-corrected chi connectivity index (χ2v) is 8.79. The van der Waals surface area contributed by atoms with E-state index in [9.17, 15) is 0 Å². The summed E-state index contributed by atoms with van der Waals surface area (Å²) < 4.78 is 0. The first-order chi connectivity index (χ1) is 13.2. The van der Waals surface area contributed by atoms with Crippen LogP contribution in [0.5, 0.6) is 0 Å². The third-order valence-corrected chi connectivity index (χ3v) is 6.20. The predicted octanol–water partition coefficient (Wildman–Crippen LogP) is 7.20. The van der Waals surface area contributed by atoms with Crippen LogP contribution >= 0.6 is 0 Å². The molecular weight excluding hydrogens is 326 g/mol. The highest BCUT2D eigenvalue weighted by molar-refractivity contribution is 5.27. The zero-order valence-corrected chi connectivity index (χ0v) is 18.9. The van der Waals surface area contributed by atoms with Gasteiger partial charge < -0.3 is 4.90 Å². The van der Waals surface area contributed by atoms with Crippen molar-refractivity contribution in [1.29, 1.82) is 0 Å². The van der Waals surface area contributed by atoms with E-state index in [2.05, 4.69) is 58.0 Å². The molecule has 0 aromatic heterocycles. The minimum atomic E-state index is 0.815. The molecule has 0 radical (unpaired) electrons. The fourth-order valence-corrected chi connectivity index (χ4v) is 4.34. The highest BCUT2D eigenvalue weighted by Crippen LogP contribution is 2.20. The molecule has 0 aliphatic heterocycles. The molecule has 3 unspecified atom stereocenters. The Balaban J connectivity index is 2.42. The minimum Gasteiger partial charge on any atom is -0.302 e. The van der Waals surface area contributed by atoms with Crippen LogP contribution in [0.1, 0.15) is 105 Å². The second-order valence-electron chi connectivity index (χ2n) is 8.79. The lowest BCUT2D eigenvalue weighted by atomic mass is 9.91. The van der Waals surface area contributed by atoms with Gasteiger partial charge in [-0.1, -0.05) is 97.3 Å². The van der Waals surface area contributed by atoms with E-state index in [4.69, 9.17) is 0 Å². The van der Waals surface area contributed by atoms with Crippen molar-refractivity contribution in [2.24, 2.45) is 11.8 Å². The van der Waals surface area contributed by atoms with Crippen molar-refractivity contribution in [3.63, 3.8) is 0 Å². The maximum Gasteiger partial charge on any atom is 0.131 e. The number of hydrogen-bond donors (Lipinski definition) is 1. The lowest BCUT2D eigenvalue weighted by Gasteiger charge is -2.24. The maximum atomic E-state index is 2.48. The van der Waals surface area contributed by atoms with Gasteiger partial charge >= 0.3 is 0 Å². The molecule has 1 aromatic rings. The van der Waals surface area contributed by atoms with Gasteiger partial charge in [0, 0.05) is 5.92 Å². The molecule has 3 atom stereocenters. The van der Waals surface area contributed by atoms with Gasteiger partial charge in [0.05, 0.1) is 13.1 Å². The van der Waals surface area contributed by atoms with Crippen molar-refractivity contribution in [3.05, 3.63) is 30.3 Å². The number of unbranched alkanes of at least 4 members (excludes halogenated alkanes) is 6. The fraction of sp³-hybridized carbons (Fsp3) is 0.769. The van der Waals surface area contributed by atoms with Crippen LogP contribution in [-0.4, -0.2) is 13.1 Å². The average molecular weight is 375 g/mol. The van der Waals surface area contributed by atoms with Crippen LogP contribution in [0, 0.1) is 11.8 Å². The third kappa shape index (κ3) is 11.6. The summed E-state index contributed by atoms with van der Waals surface area (Å²) in [5.41, 5.74) is 1.50. The molecule has 1 heteroatoms. The number of nitrogens with one attached hydrogen (secondary N) is 1. The van der Waals surface area contributed by atoms with Gasteiger partial charge in [0.25, 0.3) is 0 Å². The van der Waals surface area contributed by atoms with Crippen LogP contribution in [0.4, 0.5) is 5.69 Å². The molecule has 0 amide bonds. The molecule has 0 saturated carbocycles. The van der Waals surface area contributed by atoms with Crippen LogP contribution in [0.25, 0.3) is 0 Å². The Bertz CT molecular complexity index is 427. The molecule has 0 aliphatic carbocycles. The smallest absolute Gasteiger partial charge is 0.131 e. The van der Waals surface area contributed by atoms with Gasteiger partial charge in [-0.3, -0.25) is 0 Å². The van der Waals surface area contributed by atoms with Crippen molar-refractivity contribution >= 4 is 5.69 Å². The maximum absolute atomic E-state index is 2.48. The summed E-state index contributed by atoms with van der Waals surface area (Å²) in [7, 11) is 0. The standard InChI is InChI=1S/C26H47N/c1-5-8-9-10-11-12-16-22-27(26-18-14-13-15-19-26)23-24(4)20-21-25(7-3)17-6-2/h13-15,18-19,24-25H,5-12,16-17,20-23H2,1-4H3/p+1. The Hall–Kier alpha value is -0.820. The molecule has 0 bridgehead atoms. The molecule has 0 aliphatic rings. The summed E-state index contributed by atoms with van der Waals surface area (Å²) in [5.74, 6) is 1.76. The van der Waals surface area contributed by atoms with Crippen molar-refractivity contribution in [2.45, 2.75) is 105 Å². The zero-order valence-electron chi connectivity index (χ0n) is 18.9. The monoisotopic (exact) mass is 374 g/mol. The molecule has 1 aromatic carbocycles. The van der Waals surface area contributed by atoms with Gasteiger partial charge in [-0.2, -0.15) is 0 Å². The SMILES string of the molecule is CCCCCCCCC[NH+](CC(C)CCC(CC)CCC)c1ccccc1. The largest absolute Gasteiger partial charge is 0.302 e. The Morgan fingerprint density at radius 2 is 1.41 bits per heavy atom. The minimum absolute atomic E-state index is 0.815. The first kappa shape index (κ1) is 24.2. The van der Waals surface area contributed by atoms with Crippen molar-refractivity contribution in [1.82, 2.24) is 0 Å². The van der Waals surface area contributed by atoms with E-state index in [1.807, 2.05) is 0 Å². The molecule has 1 N–H and O–H groups in total. The van der Waals surface area contributed by atoms with Crippen molar-refractivity contribution < 1.29 is 4.90 Å². The molecule has 1 rings (SSSR count). The summed E-state index contributed by atoms with van der Waals surface area (Å²) in [6.07, 6.45) is 16.7. The van der Waals surface area contributed by atoms with Crippen LogP contribution in [0.3, 0.4) is 0 Å². The van der Waals surface area contributed by atoms with E-state index in [1.54, 1.807) is 4.90 Å². The molecule has 0 saturated heterocycles. The Labute approximate surface area is 170 Å². The van der Waals surface area contributed by atoms with Crippen LogP contribution in [-0.2, 0) is 0 Å². The lowest BCUT2D eigenvalue weighted by Crippen LogP contribution is -3.08. The second kappa shape index (κ2) is 16.2. The van der Waals surface area contributed by atoms with Crippen molar-refractivity contribution in [3.8, 4) is 0 Å². The van der Waals surface area contributed by atoms with Crippen LogP contribution < -0.4 is 4.90 Å². The predicted molar refractivity (Wildman–Crippen MR) is 122 cm³/mol. The van der Waals surface area contributed by atoms with Crippen molar-refractivity contribution in [2.75, 3.05) is 13.1 Å². The Kier molecular flexibility index (Phi) is 14.5. The van der Waals surface area contributed by atoms with E-state index in [0.29, 0.717) is 0 Å². The van der Waals surface area contributed by atoms with E-state index in [-0.39, 0.29) is 0 Å². The van der Waals surface area contributed by atoms with Gasteiger partial charge in [-0.25, -0.2) is 0 Å². The molecule has 0 heterocycles. The first-order valence-electron chi connectivity index (χ1n) is 12.1. The fourth-order valence-electron chi connectivity index (χ4n) is 4.34. The summed E-state index contributed by atoms with van der Waals surface area (Å²) in [6, 6.07) is 11.2. The van der Waals surface area contributed by atoms with E-state index < -0.39 is 0 Å². The topological polar surface area (TPSA) is 4.44 Å². The third-order valence-electron chi connectivity index (χ3n) is 6.20. The molecule has 27 heavy (non-hydrogen) atoms. The van der Waals surface area contributed by atoms with E-state index in [0.717, 1.165) is 11.8 Å². The first-order valence-corrected chi connectivity index (χ1v) is 12.1. The molecule has 1 nitrogen and oxygen atoms in total. The van der Waals surface area contributed by atoms with E-state index in [1.165, 1.54) is 95.8 Å². The van der Waals surface area contributed by atoms with Crippen LogP contribution in [0.15, 0.2) is 30.3 Å². The molecule has 0 fully saturated rings. The zero-order chi connectivity index (χ0) is 19.7. The Morgan fingerprint density at radius 3 is 2.04 bits per heavy atom. The van der Waals surface area contributed by atoms with Crippen LogP contribution in [0.2, 0.25) is 0 Å². The normalized spacial score (nSPS) is 14.8. The van der Waals surface area contributed by atoms with Gasteiger partial charge in [-0.15, -0.1) is 0 Å². The number of hydrogen-bond acceptors (Lipinski definition) is 0. The van der Waals surface area contributed by atoms with Gasteiger partial charge in [0.15, 0.2) is 0 Å². The molecule has 156 valence electrons. The van der Waals surface area contributed by atoms with E-state index >= 15 is 0 Å². The van der Waals surface area contributed by atoms with Gasteiger partial charge in [0.1, 0.15) is 5.69 Å². The highest BCUT2D eigenvalue weighted by Gasteiger charge is 2.17. The molecular formula is C26H48N+. The molecule has 0 spiro atoms.